The summed E-state index contributed by atoms with van der Waals surface area (Å²) in [5.41, 5.74) is 0. The highest BCUT2D eigenvalue weighted by Gasteiger charge is 2.41. The number of aromatic nitrogens is 5. The highest BCUT2D eigenvalue weighted by atomic mass is 35.5. The number of hydrogen-bond donors (Lipinski definition) is 0. The van der Waals surface area contributed by atoms with Gasteiger partial charge in [-0.25, -0.2) is 13.4 Å². The highest BCUT2D eigenvalue weighted by molar-refractivity contribution is 7.89. The fourth-order valence-electron chi connectivity index (χ4n) is 3.72. The molecule has 25 heavy (non-hydrogen) atoms. The van der Waals surface area contributed by atoms with Crippen molar-refractivity contribution in [2.45, 2.75) is 56.1 Å². The largest absolute Gasteiger partial charge is 0.324 e. The molecule has 2 aromatic rings. The molecule has 0 radical (unpaired) electrons. The van der Waals surface area contributed by atoms with Crippen molar-refractivity contribution in [3.63, 3.8) is 0 Å². The average molecular weight is 385 g/mol. The predicted octanol–water partition coefficient (Wildman–Crippen LogP) is 1.92. The van der Waals surface area contributed by atoms with E-state index in [1.807, 2.05) is 0 Å². The van der Waals surface area contributed by atoms with Crippen molar-refractivity contribution in [2.24, 2.45) is 7.05 Å². The molecule has 0 aromatic carbocycles. The Morgan fingerprint density at radius 1 is 1.16 bits per heavy atom. The minimum Gasteiger partial charge on any atom is -0.324 e. The van der Waals surface area contributed by atoms with Crippen LogP contribution in [0.3, 0.4) is 0 Å². The second kappa shape index (κ2) is 6.37. The second-order valence-corrected chi connectivity index (χ2v) is 8.83. The first-order valence-electron chi connectivity index (χ1n) is 8.61. The van der Waals surface area contributed by atoms with E-state index in [1.165, 1.54) is 21.6 Å². The first-order chi connectivity index (χ1) is 12.0. The molecular weight excluding hydrogens is 364 g/mol. The maximum atomic E-state index is 13.1. The van der Waals surface area contributed by atoms with Gasteiger partial charge in [0.05, 0.1) is 12.4 Å². The maximum absolute atomic E-state index is 13.1. The van der Waals surface area contributed by atoms with Gasteiger partial charge in [0.2, 0.25) is 5.03 Å². The summed E-state index contributed by atoms with van der Waals surface area (Å²) >= 11 is 6.14. The molecule has 1 saturated heterocycles. The molecule has 2 aliphatic rings. The summed E-state index contributed by atoms with van der Waals surface area (Å²) in [7, 11) is -2.10. The standard InChI is InChI=1S/C15H21ClN6O2S/c1-20-10-17-15(13(20)16)25(23,24)22-9-5-6-11(22)14-19-18-12-7-3-2-4-8-21(12)14/h10-11H,2-9H2,1H3/t11-/m0/s1. The Morgan fingerprint density at radius 3 is 2.76 bits per heavy atom. The van der Waals surface area contributed by atoms with Crippen molar-refractivity contribution >= 4 is 21.6 Å². The van der Waals surface area contributed by atoms with Gasteiger partial charge in [0, 0.05) is 26.6 Å². The summed E-state index contributed by atoms with van der Waals surface area (Å²) in [4.78, 5) is 4.01. The van der Waals surface area contributed by atoms with Crippen LogP contribution < -0.4 is 0 Å². The van der Waals surface area contributed by atoms with Gasteiger partial charge in [0.15, 0.2) is 5.82 Å². The predicted molar refractivity (Wildman–Crippen MR) is 91.7 cm³/mol. The van der Waals surface area contributed by atoms with E-state index in [0.717, 1.165) is 50.3 Å². The molecule has 0 aliphatic carbocycles. The SMILES string of the molecule is Cn1cnc(S(=O)(=O)N2CCC[C@H]2c2nnc3n2CCCCC3)c1Cl. The smallest absolute Gasteiger partial charge is 0.264 e. The fraction of sp³-hybridized carbons (Fsp3) is 0.667. The summed E-state index contributed by atoms with van der Waals surface area (Å²) in [6.45, 7) is 1.30. The molecule has 10 heteroatoms. The third kappa shape index (κ3) is 2.78. The third-order valence-electron chi connectivity index (χ3n) is 5.03. The van der Waals surface area contributed by atoms with Crippen LogP contribution in [0.2, 0.25) is 5.15 Å². The molecule has 0 unspecified atom stereocenters. The Morgan fingerprint density at radius 2 is 2.00 bits per heavy atom. The molecule has 2 aromatic heterocycles. The Balaban J connectivity index is 1.72. The van der Waals surface area contributed by atoms with E-state index in [-0.39, 0.29) is 16.2 Å². The van der Waals surface area contributed by atoms with Crippen molar-refractivity contribution in [2.75, 3.05) is 6.54 Å². The maximum Gasteiger partial charge on any atom is 0.264 e. The second-order valence-electron chi connectivity index (χ2n) is 6.66. The van der Waals surface area contributed by atoms with Crippen molar-refractivity contribution in [3.05, 3.63) is 23.1 Å². The summed E-state index contributed by atoms with van der Waals surface area (Å²) in [5, 5.41) is 8.72. The van der Waals surface area contributed by atoms with Crippen LogP contribution in [0.15, 0.2) is 11.4 Å². The minimum atomic E-state index is -3.77. The van der Waals surface area contributed by atoms with Gasteiger partial charge in [-0.15, -0.1) is 10.2 Å². The molecule has 4 heterocycles. The zero-order valence-corrected chi connectivity index (χ0v) is 15.7. The molecule has 1 atom stereocenters. The molecule has 2 aliphatic heterocycles. The summed E-state index contributed by atoms with van der Waals surface area (Å²) in [6, 6.07) is -0.303. The lowest BCUT2D eigenvalue weighted by atomic mass is 10.2. The van der Waals surface area contributed by atoms with E-state index in [4.69, 9.17) is 11.6 Å². The van der Waals surface area contributed by atoms with Crippen LogP contribution in [0.25, 0.3) is 0 Å². The molecule has 136 valence electrons. The lowest BCUT2D eigenvalue weighted by Gasteiger charge is -2.23. The van der Waals surface area contributed by atoms with Crippen molar-refractivity contribution < 1.29 is 8.42 Å². The van der Waals surface area contributed by atoms with E-state index in [2.05, 4.69) is 19.7 Å². The van der Waals surface area contributed by atoms with Crippen LogP contribution in [0.1, 0.15) is 49.8 Å². The monoisotopic (exact) mass is 384 g/mol. The number of rotatable bonds is 3. The molecule has 4 rings (SSSR count). The van der Waals surface area contributed by atoms with Gasteiger partial charge >= 0.3 is 0 Å². The average Bonchev–Trinajstić information content (AvgIpc) is 3.25. The van der Waals surface area contributed by atoms with E-state index in [9.17, 15) is 8.42 Å². The van der Waals surface area contributed by atoms with Crippen LogP contribution >= 0.6 is 11.6 Å². The lowest BCUT2D eigenvalue weighted by molar-refractivity contribution is 0.369. The van der Waals surface area contributed by atoms with E-state index in [1.54, 1.807) is 7.05 Å². The molecule has 8 nitrogen and oxygen atoms in total. The van der Waals surface area contributed by atoms with Gasteiger partial charge in [-0.2, -0.15) is 4.31 Å². The Kier molecular flexibility index (Phi) is 4.33. The van der Waals surface area contributed by atoms with E-state index < -0.39 is 10.0 Å². The molecular formula is C15H21ClN6O2S. The summed E-state index contributed by atoms with van der Waals surface area (Å²) < 4.78 is 31.3. The van der Waals surface area contributed by atoms with Crippen molar-refractivity contribution in [1.82, 2.24) is 28.6 Å². The van der Waals surface area contributed by atoms with Crippen LogP contribution in [0.5, 0.6) is 0 Å². The Hall–Kier alpha value is -1.45. The van der Waals surface area contributed by atoms with E-state index >= 15 is 0 Å². The first kappa shape index (κ1) is 17.0. The molecule has 0 spiro atoms. The highest BCUT2D eigenvalue weighted by Crippen LogP contribution is 2.37. The Bertz CT molecular complexity index is 890. The van der Waals surface area contributed by atoms with Crippen LogP contribution in [0.4, 0.5) is 0 Å². The summed E-state index contributed by atoms with van der Waals surface area (Å²) in [5.74, 6) is 1.72. The summed E-state index contributed by atoms with van der Waals surface area (Å²) in [6.07, 6.45) is 7.19. The van der Waals surface area contributed by atoms with Crippen LogP contribution in [0, 0.1) is 0 Å². The third-order valence-corrected chi connectivity index (χ3v) is 7.43. The Labute approximate surface area is 151 Å². The number of aryl methyl sites for hydroxylation is 2. The molecule has 0 amide bonds. The number of hydrogen-bond acceptors (Lipinski definition) is 5. The quantitative estimate of drug-likeness (QED) is 0.806. The van der Waals surface area contributed by atoms with Gasteiger partial charge in [-0.1, -0.05) is 18.0 Å². The van der Waals surface area contributed by atoms with Gasteiger partial charge in [-0.3, -0.25) is 0 Å². The molecule has 1 fully saturated rings. The van der Waals surface area contributed by atoms with Crippen molar-refractivity contribution in [3.8, 4) is 0 Å². The lowest BCUT2D eigenvalue weighted by Crippen LogP contribution is -2.32. The van der Waals surface area contributed by atoms with E-state index in [0.29, 0.717) is 6.54 Å². The van der Waals surface area contributed by atoms with Gasteiger partial charge in [-0.05, 0) is 25.7 Å². The fourth-order valence-corrected chi connectivity index (χ4v) is 5.77. The van der Waals surface area contributed by atoms with Crippen LogP contribution in [-0.4, -0.2) is 43.6 Å². The number of halogens is 1. The number of imidazole rings is 1. The van der Waals surface area contributed by atoms with Gasteiger partial charge in [0.25, 0.3) is 10.0 Å². The van der Waals surface area contributed by atoms with Gasteiger partial charge in [0.1, 0.15) is 11.0 Å². The molecule has 0 saturated carbocycles. The topological polar surface area (TPSA) is 85.9 Å². The van der Waals surface area contributed by atoms with Gasteiger partial charge < -0.3 is 9.13 Å². The number of fused-ring (bicyclic) bond motifs is 1. The molecule has 0 bridgehead atoms. The number of nitrogens with zero attached hydrogens (tertiary/aromatic N) is 6. The zero-order valence-electron chi connectivity index (χ0n) is 14.1. The molecule has 0 N–H and O–H groups in total. The first-order valence-corrected chi connectivity index (χ1v) is 10.4. The normalized spacial score (nSPS) is 22.1. The zero-order chi connectivity index (χ0) is 17.6. The minimum absolute atomic E-state index is 0.0841. The van der Waals surface area contributed by atoms with Crippen molar-refractivity contribution in [1.29, 1.82) is 0 Å². The van der Waals surface area contributed by atoms with Crippen LogP contribution in [-0.2, 0) is 30.0 Å². The number of sulfonamides is 1.